The quantitative estimate of drug-likeness (QED) is 0.594. The largest absolute Gasteiger partial charge is 0.299 e. The maximum Gasteiger partial charge on any atom is 0.136 e. The van der Waals surface area contributed by atoms with Crippen LogP contribution in [0.25, 0.3) is 0 Å². The van der Waals surface area contributed by atoms with E-state index in [4.69, 9.17) is 0 Å². The fraction of sp³-hybridized carbons (Fsp3) is 0.929. The average molecular weight is 206 g/mol. The van der Waals surface area contributed by atoms with E-state index in [0.717, 1.165) is 30.1 Å². The molecule has 3 rings (SSSR count). The Morgan fingerprint density at radius 2 is 1.93 bits per heavy atom. The smallest absolute Gasteiger partial charge is 0.136 e. The molecule has 5 atom stereocenters. The van der Waals surface area contributed by atoms with Crippen LogP contribution >= 0.6 is 0 Å². The number of hydrogen-bond acceptors (Lipinski definition) is 1. The number of carbonyl (C=O) groups is 1. The molecular formula is C14H22O. The number of hydrogen-bond donors (Lipinski definition) is 0. The third-order valence-electron chi connectivity index (χ3n) is 5.72. The monoisotopic (exact) mass is 206 g/mol. The van der Waals surface area contributed by atoms with Gasteiger partial charge < -0.3 is 0 Å². The number of ketones is 1. The van der Waals surface area contributed by atoms with Crippen LogP contribution in [0.15, 0.2) is 0 Å². The van der Waals surface area contributed by atoms with E-state index < -0.39 is 0 Å². The Balaban J connectivity index is 1.93. The predicted molar refractivity (Wildman–Crippen MR) is 60.4 cm³/mol. The average Bonchev–Trinajstić information content (AvgIpc) is 2.55. The van der Waals surface area contributed by atoms with Crippen molar-refractivity contribution in [1.29, 1.82) is 0 Å². The molecule has 0 spiro atoms. The molecule has 1 heteroatoms. The molecule has 84 valence electrons. The van der Waals surface area contributed by atoms with Crippen LogP contribution in [0.2, 0.25) is 0 Å². The Bertz CT molecular complexity index is 304. The summed E-state index contributed by atoms with van der Waals surface area (Å²) in [6, 6.07) is 0. The molecule has 0 saturated heterocycles. The van der Waals surface area contributed by atoms with Gasteiger partial charge in [-0.25, -0.2) is 0 Å². The Hall–Kier alpha value is -0.330. The summed E-state index contributed by atoms with van der Waals surface area (Å²) >= 11 is 0. The fourth-order valence-electron chi connectivity index (χ4n) is 4.79. The summed E-state index contributed by atoms with van der Waals surface area (Å²) in [5.41, 5.74) is 0.544. The lowest BCUT2D eigenvalue weighted by Gasteiger charge is -2.22. The van der Waals surface area contributed by atoms with E-state index >= 15 is 0 Å². The van der Waals surface area contributed by atoms with Gasteiger partial charge in [0.15, 0.2) is 0 Å². The van der Waals surface area contributed by atoms with Gasteiger partial charge in [-0.05, 0) is 48.3 Å². The second-order valence-electron chi connectivity index (χ2n) is 6.70. The van der Waals surface area contributed by atoms with Gasteiger partial charge in [0, 0.05) is 12.3 Å². The van der Waals surface area contributed by atoms with Gasteiger partial charge in [-0.2, -0.15) is 0 Å². The minimum absolute atomic E-state index is 0.441. The van der Waals surface area contributed by atoms with Gasteiger partial charge in [0.25, 0.3) is 0 Å². The van der Waals surface area contributed by atoms with Gasteiger partial charge in [0.1, 0.15) is 5.78 Å². The van der Waals surface area contributed by atoms with Crippen LogP contribution in [0.3, 0.4) is 0 Å². The molecule has 0 aromatic rings. The molecule has 0 radical (unpaired) electrons. The highest BCUT2D eigenvalue weighted by Crippen LogP contribution is 2.69. The van der Waals surface area contributed by atoms with Gasteiger partial charge in [0.2, 0.25) is 0 Å². The molecule has 15 heavy (non-hydrogen) atoms. The van der Waals surface area contributed by atoms with E-state index in [0.29, 0.717) is 17.1 Å². The summed E-state index contributed by atoms with van der Waals surface area (Å²) < 4.78 is 0. The lowest BCUT2D eigenvalue weighted by molar-refractivity contribution is -0.124. The second-order valence-corrected chi connectivity index (χ2v) is 6.70. The van der Waals surface area contributed by atoms with Crippen molar-refractivity contribution < 1.29 is 4.79 Å². The SMILES string of the molecule is CC1CCC2C(=O)CCC3C(C12)C3(C)C. The minimum atomic E-state index is 0.441. The molecule has 0 aromatic carbocycles. The van der Waals surface area contributed by atoms with Crippen molar-refractivity contribution in [3.8, 4) is 0 Å². The number of carbonyl (C=O) groups excluding carboxylic acids is 1. The molecule has 0 aromatic heterocycles. The Kier molecular flexibility index (Phi) is 1.88. The van der Waals surface area contributed by atoms with Crippen LogP contribution in [0.4, 0.5) is 0 Å². The third kappa shape index (κ3) is 1.18. The van der Waals surface area contributed by atoms with Crippen LogP contribution in [0.1, 0.15) is 46.5 Å². The zero-order chi connectivity index (χ0) is 10.8. The van der Waals surface area contributed by atoms with E-state index in [2.05, 4.69) is 20.8 Å². The summed E-state index contributed by atoms with van der Waals surface area (Å²) in [6.07, 6.45) is 4.53. The first-order valence-corrected chi connectivity index (χ1v) is 6.56. The lowest BCUT2D eigenvalue weighted by atomic mass is 9.81. The van der Waals surface area contributed by atoms with E-state index in [-0.39, 0.29) is 0 Å². The second kappa shape index (κ2) is 2.87. The first-order chi connectivity index (χ1) is 7.03. The Morgan fingerprint density at radius 1 is 1.20 bits per heavy atom. The Labute approximate surface area is 92.6 Å². The summed E-state index contributed by atoms with van der Waals surface area (Å²) in [5, 5.41) is 0. The standard InChI is InChI=1S/C14H22O/c1-8-4-5-9-11(15)7-6-10-13(12(8)9)14(10,2)3/h8-10,12-13H,4-7H2,1-3H3. The maximum absolute atomic E-state index is 12.0. The molecule has 1 nitrogen and oxygen atoms in total. The van der Waals surface area contributed by atoms with E-state index in [9.17, 15) is 4.79 Å². The molecule has 0 aliphatic heterocycles. The van der Waals surface area contributed by atoms with Crippen molar-refractivity contribution >= 4 is 5.78 Å². The molecule has 0 N–H and O–H groups in total. The van der Waals surface area contributed by atoms with E-state index in [1.807, 2.05) is 0 Å². The normalized spacial score (nSPS) is 51.9. The molecule has 5 unspecified atom stereocenters. The van der Waals surface area contributed by atoms with Crippen LogP contribution in [-0.2, 0) is 4.79 Å². The van der Waals surface area contributed by atoms with Gasteiger partial charge in [-0.15, -0.1) is 0 Å². The molecule has 0 heterocycles. The highest BCUT2D eigenvalue weighted by molar-refractivity contribution is 5.82. The highest BCUT2D eigenvalue weighted by atomic mass is 16.1. The minimum Gasteiger partial charge on any atom is -0.299 e. The van der Waals surface area contributed by atoms with E-state index in [1.165, 1.54) is 19.3 Å². The van der Waals surface area contributed by atoms with Gasteiger partial charge in [0.05, 0.1) is 0 Å². The van der Waals surface area contributed by atoms with Crippen LogP contribution in [0.5, 0.6) is 0 Å². The van der Waals surface area contributed by atoms with Gasteiger partial charge in [-0.1, -0.05) is 20.8 Å². The number of fused-ring (bicyclic) bond motifs is 3. The fourth-order valence-corrected chi connectivity index (χ4v) is 4.79. The topological polar surface area (TPSA) is 17.1 Å². The summed E-state index contributed by atoms with van der Waals surface area (Å²) in [7, 11) is 0. The summed E-state index contributed by atoms with van der Waals surface area (Å²) in [4.78, 5) is 12.0. The molecular weight excluding hydrogens is 184 g/mol. The van der Waals surface area contributed by atoms with Crippen molar-refractivity contribution in [2.75, 3.05) is 0 Å². The summed E-state index contributed by atoms with van der Waals surface area (Å²) in [5.74, 6) is 4.29. The molecule has 3 aliphatic carbocycles. The summed E-state index contributed by atoms with van der Waals surface area (Å²) in [6.45, 7) is 7.20. The molecule has 3 aliphatic rings. The highest BCUT2D eigenvalue weighted by Gasteiger charge is 2.65. The van der Waals surface area contributed by atoms with Crippen molar-refractivity contribution in [3.63, 3.8) is 0 Å². The van der Waals surface area contributed by atoms with Crippen LogP contribution < -0.4 is 0 Å². The van der Waals surface area contributed by atoms with Gasteiger partial charge >= 0.3 is 0 Å². The predicted octanol–water partition coefficient (Wildman–Crippen LogP) is 3.28. The van der Waals surface area contributed by atoms with Crippen molar-refractivity contribution in [1.82, 2.24) is 0 Å². The van der Waals surface area contributed by atoms with Crippen molar-refractivity contribution in [2.24, 2.45) is 35.0 Å². The van der Waals surface area contributed by atoms with Crippen molar-refractivity contribution in [2.45, 2.75) is 46.5 Å². The van der Waals surface area contributed by atoms with E-state index in [1.54, 1.807) is 0 Å². The molecule has 0 bridgehead atoms. The Morgan fingerprint density at radius 3 is 2.67 bits per heavy atom. The number of Topliss-reactive ketones (excluding diaryl/α,β-unsaturated/α-hetero) is 1. The third-order valence-corrected chi connectivity index (χ3v) is 5.72. The first kappa shape index (κ1) is 9.86. The van der Waals surface area contributed by atoms with Gasteiger partial charge in [-0.3, -0.25) is 4.79 Å². The molecule has 3 saturated carbocycles. The molecule has 0 amide bonds. The lowest BCUT2D eigenvalue weighted by Crippen LogP contribution is -2.23. The van der Waals surface area contributed by atoms with Crippen molar-refractivity contribution in [3.05, 3.63) is 0 Å². The first-order valence-electron chi connectivity index (χ1n) is 6.56. The van der Waals surface area contributed by atoms with Crippen LogP contribution in [0, 0.1) is 35.0 Å². The zero-order valence-electron chi connectivity index (χ0n) is 10.1. The number of rotatable bonds is 0. The maximum atomic E-state index is 12.0. The van der Waals surface area contributed by atoms with Crippen LogP contribution in [-0.4, -0.2) is 5.78 Å². The molecule has 3 fully saturated rings. The zero-order valence-corrected chi connectivity index (χ0v) is 10.1.